The summed E-state index contributed by atoms with van der Waals surface area (Å²) in [6.45, 7) is 8.08. The zero-order chi connectivity index (χ0) is 9.72. The van der Waals surface area contributed by atoms with Crippen molar-refractivity contribution in [1.29, 1.82) is 0 Å². The van der Waals surface area contributed by atoms with Crippen LogP contribution >= 0.6 is 0 Å². The van der Waals surface area contributed by atoms with Crippen LogP contribution in [0, 0.1) is 11.8 Å². The van der Waals surface area contributed by atoms with Crippen molar-refractivity contribution in [3.8, 4) is 0 Å². The number of aliphatic hydroxyl groups is 2. The van der Waals surface area contributed by atoms with Gasteiger partial charge in [0.25, 0.3) is 0 Å². The first kappa shape index (κ1) is 11.9. The lowest BCUT2D eigenvalue weighted by atomic mass is 9.96. The van der Waals surface area contributed by atoms with Gasteiger partial charge in [0, 0.05) is 0 Å². The van der Waals surface area contributed by atoms with Gasteiger partial charge >= 0.3 is 0 Å². The molecule has 0 aliphatic heterocycles. The van der Waals surface area contributed by atoms with Crippen LogP contribution in [0.25, 0.3) is 0 Å². The molecule has 0 aliphatic rings. The number of hydrogen-bond donors (Lipinski definition) is 2. The summed E-state index contributed by atoms with van der Waals surface area (Å²) >= 11 is 0. The highest BCUT2D eigenvalue weighted by atomic mass is 16.3. The molecule has 0 heterocycles. The van der Waals surface area contributed by atoms with E-state index in [1.165, 1.54) is 0 Å². The van der Waals surface area contributed by atoms with Gasteiger partial charge in [0.2, 0.25) is 0 Å². The summed E-state index contributed by atoms with van der Waals surface area (Å²) in [5.41, 5.74) is 0. The van der Waals surface area contributed by atoms with Crippen LogP contribution in [0.3, 0.4) is 0 Å². The maximum absolute atomic E-state index is 9.48. The van der Waals surface area contributed by atoms with Gasteiger partial charge in [-0.3, -0.25) is 0 Å². The number of aliphatic hydroxyl groups excluding tert-OH is 2. The molecule has 0 bridgehead atoms. The molecule has 12 heavy (non-hydrogen) atoms. The maximum Gasteiger partial charge on any atom is 0.0587 e. The van der Waals surface area contributed by atoms with E-state index in [-0.39, 0.29) is 18.1 Å². The second-order valence-corrected chi connectivity index (χ2v) is 4.33. The molecule has 2 N–H and O–H groups in total. The van der Waals surface area contributed by atoms with Gasteiger partial charge in [0.15, 0.2) is 0 Å². The van der Waals surface area contributed by atoms with E-state index in [2.05, 4.69) is 13.8 Å². The Morgan fingerprint density at radius 2 is 1.42 bits per heavy atom. The van der Waals surface area contributed by atoms with E-state index in [0.717, 1.165) is 6.42 Å². The van der Waals surface area contributed by atoms with E-state index < -0.39 is 0 Å². The fourth-order valence-corrected chi connectivity index (χ4v) is 1.19. The van der Waals surface area contributed by atoms with E-state index in [0.29, 0.717) is 12.3 Å². The molecule has 2 atom stereocenters. The van der Waals surface area contributed by atoms with E-state index in [1.807, 2.05) is 13.8 Å². The van der Waals surface area contributed by atoms with E-state index >= 15 is 0 Å². The van der Waals surface area contributed by atoms with Crippen LogP contribution in [-0.2, 0) is 0 Å². The largest absolute Gasteiger partial charge is 0.393 e. The topological polar surface area (TPSA) is 40.5 Å². The molecule has 2 nitrogen and oxygen atoms in total. The van der Waals surface area contributed by atoms with E-state index in [4.69, 9.17) is 0 Å². The van der Waals surface area contributed by atoms with Crippen LogP contribution in [0.15, 0.2) is 0 Å². The summed E-state index contributed by atoms with van der Waals surface area (Å²) in [4.78, 5) is 0. The quantitative estimate of drug-likeness (QED) is 0.667. The lowest BCUT2D eigenvalue weighted by Gasteiger charge is -2.19. The molecule has 0 aliphatic carbocycles. The zero-order valence-electron chi connectivity index (χ0n) is 8.62. The van der Waals surface area contributed by atoms with Crippen LogP contribution in [0.2, 0.25) is 0 Å². The van der Waals surface area contributed by atoms with Gasteiger partial charge in [-0.15, -0.1) is 0 Å². The average Bonchev–Trinajstić information content (AvgIpc) is 1.84. The van der Waals surface area contributed by atoms with Crippen LogP contribution in [-0.4, -0.2) is 22.4 Å². The number of hydrogen-bond acceptors (Lipinski definition) is 2. The van der Waals surface area contributed by atoms with E-state index in [1.54, 1.807) is 0 Å². The van der Waals surface area contributed by atoms with Gasteiger partial charge in [-0.2, -0.15) is 0 Å². The monoisotopic (exact) mass is 174 g/mol. The predicted octanol–water partition coefficient (Wildman–Crippen LogP) is 1.80. The molecule has 0 rings (SSSR count). The summed E-state index contributed by atoms with van der Waals surface area (Å²) in [6, 6.07) is 0. The van der Waals surface area contributed by atoms with Gasteiger partial charge in [-0.05, 0) is 24.7 Å². The molecule has 0 saturated carbocycles. The molecule has 0 aromatic heterocycles. The third kappa shape index (κ3) is 5.56. The van der Waals surface area contributed by atoms with Gasteiger partial charge in [0.05, 0.1) is 12.2 Å². The van der Waals surface area contributed by atoms with Crippen molar-refractivity contribution < 1.29 is 10.2 Å². The third-order valence-electron chi connectivity index (χ3n) is 2.03. The Bertz CT molecular complexity index is 110. The Morgan fingerprint density at radius 1 is 0.917 bits per heavy atom. The molecule has 0 aromatic rings. The normalized spacial score (nSPS) is 17.0. The van der Waals surface area contributed by atoms with Crippen LogP contribution in [0.4, 0.5) is 0 Å². The van der Waals surface area contributed by atoms with Crippen molar-refractivity contribution in [3.05, 3.63) is 0 Å². The molecule has 0 radical (unpaired) electrons. The summed E-state index contributed by atoms with van der Waals surface area (Å²) < 4.78 is 0. The highest BCUT2D eigenvalue weighted by Gasteiger charge is 2.15. The fraction of sp³-hybridized carbons (Fsp3) is 1.00. The molecular formula is C10H22O2. The first-order valence-corrected chi connectivity index (χ1v) is 4.79. The standard InChI is InChI=1S/C10H22O2/c1-7(2)5-9(11)6-10(12)8(3)4/h7-12H,5-6H2,1-4H3/t9-,10?/m0/s1. The molecule has 2 heteroatoms. The smallest absolute Gasteiger partial charge is 0.0587 e. The van der Waals surface area contributed by atoms with Crippen molar-refractivity contribution in [2.45, 2.75) is 52.7 Å². The second kappa shape index (κ2) is 5.55. The molecule has 0 amide bonds. The third-order valence-corrected chi connectivity index (χ3v) is 2.03. The summed E-state index contributed by atoms with van der Waals surface area (Å²) in [7, 11) is 0. The molecule has 0 spiro atoms. The molecule has 1 unspecified atom stereocenters. The minimum atomic E-state index is -0.362. The van der Waals surface area contributed by atoms with E-state index in [9.17, 15) is 10.2 Å². The van der Waals surface area contributed by atoms with Crippen LogP contribution in [0.1, 0.15) is 40.5 Å². The maximum atomic E-state index is 9.48. The lowest BCUT2D eigenvalue weighted by Crippen LogP contribution is -2.23. The summed E-state index contributed by atoms with van der Waals surface area (Å²) in [6.07, 6.45) is 0.584. The predicted molar refractivity (Wildman–Crippen MR) is 50.9 cm³/mol. The molecular weight excluding hydrogens is 152 g/mol. The van der Waals surface area contributed by atoms with Crippen molar-refractivity contribution in [2.75, 3.05) is 0 Å². The number of rotatable bonds is 5. The lowest BCUT2D eigenvalue weighted by molar-refractivity contribution is 0.0446. The van der Waals surface area contributed by atoms with Crippen LogP contribution in [0.5, 0.6) is 0 Å². The van der Waals surface area contributed by atoms with Crippen LogP contribution < -0.4 is 0 Å². The van der Waals surface area contributed by atoms with Gasteiger partial charge in [-0.25, -0.2) is 0 Å². The minimum absolute atomic E-state index is 0.242. The summed E-state index contributed by atoms with van der Waals surface area (Å²) in [5.74, 6) is 0.742. The molecule has 0 fully saturated rings. The Hall–Kier alpha value is -0.0800. The van der Waals surface area contributed by atoms with Crippen molar-refractivity contribution in [1.82, 2.24) is 0 Å². The zero-order valence-corrected chi connectivity index (χ0v) is 8.62. The van der Waals surface area contributed by atoms with Crippen molar-refractivity contribution in [2.24, 2.45) is 11.8 Å². The molecule has 0 saturated heterocycles. The van der Waals surface area contributed by atoms with Gasteiger partial charge < -0.3 is 10.2 Å². The Morgan fingerprint density at radius 3 is 1.75 bits per heavy atom. The minimum Gasteiger partial charge on any atom is -0.393 e. The first-order valence-electron chi connectivity index (χ1n) is 4.79. The Kier molecular flexibility index (Phi) is 5.51. The fourth-order valence-electron chi connectivity index (χ4n) is 1.19. The Labute approximate surface area is 75.6 Å². The Balaban J connectivity index is 3.61. The molecule has 0 aromatic carbocycles. The summed E-state index contributed by atoms with van der Waals surface area (Å²) in [5, 5.41) is 18.9. The highest BCUT2D eigenvalue weighted by molar-refractivity contribution is 4.67. The van der Waals surface area contributed by atoms with Gasteiger partial charge in [0.1, 0.15) is 0 Å². The van der Waals surface area contributed by atoms with Gasteiger partial charge in [-0.1, -0.05) is 27.7 Å². The van der Waals surface area contributed by atoms with Crippen molar-refractivity contribution >= 4 is 0 Å². The van der Waals surface area contributed by atoms with Crippen molar-refractivity contribution in [3.63, 3.8) is 0 Å². The second-order valence-electron chi connectivity index (χ2n) is 4.33. The first-order chi connectivity index (χ1) is 5.43. The molecule has 74 valence electrons. The average molecular weight is 174 g/mol. The SMILES string of the molecule is CC(C)C[C@H](O)CC(O)C(C)C. The highest BCUT2D eigenvalue weighted by Crippen LogP contribution is 2.13.